The van der Waals surface area contributed by atoms with Crippen molar-refractivity contribution in [3.8, 4) is 0 Å². The Balaban J connectivity index is 1.77. The predicted molar refractivity (Wildman–Crippen MR) is 98.0 cm³/mol. The van der Waals surface area contributed by atoms with E-state index in [1.54, 1.807) is 6.92 Å². The lowest BCUT2D eigenvalue weighted by atomic mass is 10.1. The van der Waals surface area contributed by atoms with Crippen LogP contribution in [0.25, 0.3) is 0 Å². The highest BCUT2D eigenvalue weighted by atomic mass is 32.2. The molecule has 0 aliphatic carbocycles. The lowest BCUT2D eigenvalue weighted by Crippen LogP contribution is -2.48. The largest absolute Gasteiger partial charge is 0.369 e. The first-order valence-electron chi connectivity index (χ1n) is 8.37. The molecule has 0 aromatic heterocycles. The van der Waals surface area contributed by atoms with E-state index in [-0.39, 0.29) is 4.90 Å². The van der Waals surface area contributed by atoms with Crippen LogP contribution in [0.2, 0.25) is 0 Å². The minimum absolute atomic E-state index is 0.159. The Morgan fingerprint density at radius 2 is 1.56 bits per heavy atom. The Bertz CT molecular complexity index is 888. The van der Waals surface area contributed by atoms with Crippen LogP contribution in [-0.4, -0.2) is 38.9 Å². The first-order valence-corrected chi connectivity index (χ1v) is 9.81. The van der Waals surface area contributed by atoms with Gasteiger partial charge in [0.1, 0.15) is 5.82 Å². The molecule has 0 radical (unpaired) electrons. The van der Waals surface area contributed by atoms with Gasteiger partial charge in [-0.1, -0.05) is 12.1 Å². The van der Waals surface area contributed by atoms with Crippen molar-refractivity contribution in [2.45, 2.75) is 25.7 Å². The Morgan fingerprint density at radius 3 is 2.20 bits per heavy atom. The first-order chi connectivity index (χ1) is 11.8. The van der Waals surface area contributed by atoms with Crippen molar-refractivity contribution in [1.29, 1.82) is 0 Å². The van der Waals surface area contributed by atoms with E-state index >= 15 is 0 Å². The number of benzene rings is 2. The molecule has 1 fully saturated rings. The molecule has 0 atom stereocenters. The molecular formula is C19H23FN2O2S. The van der Waals surface area contributed by atoms with Gasteiger partial charge in [0.15, 0.2) is 0 Å². The molecule has 6 heteroatoms. The van der Waals surface area contributed by atoms with Gasteiger partial charge in [-0.05, 0) is 61.7 Å². The third-order valence-electron chi connectivity index (χ3n) is 4.71. The Hall–Kier alpha value is -1.92. The molecule has 3 rings (SSSR count). The van der Waals surface area contributed by atoms with E-state index in [0.717, 1.165) is 5.69 Å². The van der Waals surface area contributed by atoms with Crippen LogP contribution >= 0.6 is 0 Å². The van der Waals surface area contributed by atoms with Crippen LogP contribution in [0.4, 0.5) is 10.1 Å². The van der Waals surface area contributed by atoms with Gasteiger partial charge in [0.05, 0.1) is 4.90 Å². The van der Waals surface area contributed by atoms with Crippen LogP contribution < -0.4 is 4.90 Å². The van der Waals surface area contributed by atoms with Gasteiger partial charge in [0.2, 0.25) is 10.0 Å². The van der Waals surface area contributed by atoms with Crippen molar-refractivity contribution in [2.24, 2.45) is 0 Å². The van der Waals surface area contributed by atoms with E-state index < -0.39 is 15.8 Å². The number of nitrogens with zero attached hydrogens (tertiary/aromatic N) is 2. The second-order valence-electron chi connectivity index (χ2n) is 6.59. The standard InChI is InChI=1S/C19H23FN2O2S/c1-14-4-5-15(2)19(12-14)21-8-10-22(11-9-21)25(23,24)17-6-7-18(20)16(3)13-17/h4-7,12-13H,8-11H2,1-3H3. The Labute approximate surface area is 148 Å². The molecule has 25 heavy (non-hydrogen) atoms. The molecule has 1 heterocycles. The monoisotopic (exact) mass is 362 g/mol. The third-order valence-corrected chi connectivity index (χ3v) is 6.61. The number of anilines is 1. The summed E-state index contributed by atoms with van der Waals surface area (Å²) in [4.78, 5) is 2.39. The molecule has 4 nitrogen and oxygen atoms in total. The average molecular weight is 362 g/mol. The molecule has 2 aromatic rings. The second kappa shape index (κ2) is 6.77. The number of sulfonamides is 1. The number of hydrogen-bond acceptors (Lipinski definition) is 3. The van der Waals surface area contributed by atoms with E-state index in [0.29, 0.717) is 31.7 Å². The van der Waals surface area contributed by atoms with Crippen molar-refractivity contribution in [1.82, 2.24) is 4.31 Å². The summed E-state index contributed by atoms with van der Waals surface area (Å²) in [6.45, 7) is 7.83. The second-order valence-corrected chi connectivity index (χ2v) is 8.53. The number of halogens is 1. The number of piperazine rings is 1. The maximum atomic E-state index is 13.4. The minimum Gasteiger partial charge on any atom is -0.369 e. The van der Waals surface area contributed by atoms with E-state index in [1.165, 1.54) is 33.6 Å². The Morgan fingerprint density at radius 1 is 0.880 bits per heavy atom. The van der Waals surface area contributed by atoms with E-state index in [2.05, 4.69) is 36.9 Å². The highest BCUT2D eigenvalue weighted by molar-refractivity contribution is 7.89. The quantitative estimate of drug-likeness (QED) is 0.841. The number of rotatable bonds is 3. The summed E-state index contributed by atoms with van der Waals surface area (Å²) in [6.07, 6.45) is 0. The Kier molecular flexibility index (Phi) is 4.84. The van der Waals surface area contributed by atoms with Gasteiger partial charge in [0.25, 0.3) is 0 Å². The van der Waals surface area contributed by atoms with Crippen LogP contribution in [-0.2, 0) is 10.0 Å². The number of aryl methyl sites for hydroxylation is 3. The summed E-state index contributed by atoms with van der Waals surface area (Å²) < 4.78 is 40.5. The third kappa shape index (κ3) is 3.55. The summed E-state index contributed by atoms with van der Waals surface area (Å²) in [5.74, 6) is -0.390. The summed E-state index contributed by atoms with van der Waals surface area (Å²) in [7, 11) is -3.59. The minimum atomic E-state index is -3.59. The molecule has 2 aromatic carbocycles. The fourth-order valence-corrected chi connectivity index (χ4v) is 4.66. The highest BCUT2D eigenvalue weighted by Gasteiger charge is 2.29. The fraction of sp³-hybridized carbons (Fsp3) is 0.368. The summed E-state index contributed by atoms with van der Waals surface area (Å²) in [5, 5.41) is 0. The van der Waals surface area contributed by atoms with Crippen molar-refractivity contribution in [3.63, 3.8) is 0 Å². The van der Waals surface area contributed by atoms with Crippen LogP contribution in [0.5, 0.6) is 0 Å². The lowest BCUT2D eigenvalue weighted by molar-refractivity contribution is 0.384. The maximum Gasteiger partial charge on any atom is 0.243 e. The molecule has 0 saturated carbocycles. The molecule has 0 unspecified atom stereocenters. The highest BCUT2D eigenvalue weighted by Crippen LogP contribution is 2.25. The topological polar surface area (TPSA) is 40.6 Å². The van der Waals surface area contributed by atoms with Crippen molar-refractivity contribution in [3.05, 3.63) is 58.9 Å². The van der Waals surface area contributed by atoms with Crippen LogP contribution in [0.3, 0.4) is 0 Å². The summed E-state index contributed by atoms with van der Waals surface area (Å²) in [5.41, 5.74) is 3.89. The summed E-state index contributed by atoms with van der Waals surface area (Å²) >= 11 is 0. The molecule has 134 valence electrons. The SMILES string of the molecule is Cc1ccc(C)c(N2CCN(S(=O)(=O)c3ccc(F)c(C)c3)CC2)c1. The summed E-state index contributed by atoms with van der Waals surface area (Å²) in [6, 6.07) is 10.3. The zero-order valence-corrected chi connectivity index (χ0v) is 15.6. The van der Waals surface area contributed by atoms with Crippen molar-refractivity contribution < 1.29 is 12.8 Å². The molecule has 0 amide bonds. The first kappa shape index (κ1) is 17.9. The lowest BCUT2D eigenvalue weighted by Gasteiger charge is -2.36. The smallest absolute Gasteiger partial charge is 0.243 e. The van der Waals surface area contributed by atoms with Gasteiger partial charge in [-0.25, -0.2) is 12.8 Å². The molecule has 1 aliphatic heterocycles. The van der Waals surface area contributed by atoms with Crippen LogP contribution in [0, 0.1) is 26.6 Å². The van der Waals surface area contributed by atoms with Gasteiger partial charge < -0.3 is 4.90 Å². The van der Waals surface area contributed by atoms with Crippen molar-refractivity contribution in [2.75, 3.05) is 31.1 Å². The molecule has 1 aliphatic rings. The van der Waals surface area contributed by atoms with Gasteiger partial charge in [-0.2, -0.15) is 4.31 Å². The molecule has 0 spiro atoms. The fourth-order valence-electron chi connectivity index (χ4n) is 3.16. The molecular weight excluding hydrogens is 339 g/mol. The van der Waals surface area contributed by atoms with E-state index in [9.17, 15) is 12.8 Å². The zero-order chi connectivity index (χ0) is 18.2. The molecule has 1 saturated heterocycles. The maximum absolute atomic E-state index is 13.4. The molecule has 0 bridgehead atoms. The van der Waals surface area contributed by atoms with Gasteiger partial charge in [-0.15, -0.1) is 0 Å². The van der Waals surface area contributed by atoms with Crippen molar-refractivity contribution >= 4 is 15.7 Å². The van der Waals surface area contributed by atoms with E-state index in [1.807, 2.05) is 0 Å². The normalized spacial score (nSPS) is 16.2. The number of hydrogen-bond donors (Lipinski definition) is 0. The average Bonchev–Trinajstić information content (AvgIpc) is 2.59. The predicted octanol–water partition coefficient (Wildman–Crippen LogP) is 3.26. The zero-order valence-electron chi connectivity index (χ0n) is 14.8. The van der Waals surface area contributed by atoms with Gasteiger partial charge in [0, 0.05) is 31.9 Å². The van der Waals surface area contributed by atoms with Gasteiger partial charge in [-0.3, -0.25) is 0 Å². The van der Waals surface area contributed by atoms with Crippen LogP contribution in [0.15, 0.2) is 41.3 Å². The molecule has 0 N–H and O–H groups in total. The van der Waals surface area contributed by atoms with Crippen LogP contribution in [0.1, 0.15) is 16.7 Å². The van der Waals surface area contributed by atoms with Gasteiger partial charge >= 0.3 is 0 Å². The van der Waals surface area contributed by atoms with E-state index in [4.69, 9.17) is 0 Å².